The number of amides is 2. The summed E-state index contributed by atoms with van der Waals surface area (Å²) in [4.78, 5) is 28.2. The standard InChI is InChI=1S/C18H15N3O3/c1-12-7-5-6-10-14(12)19-17(23)15-11-24-18(20-15)21-16(22)13-8-3-2-4-9-13/h2-11H,1H3,(H,19,23)(H,20,21,22). The van der Waals surface area contributed by atoms with Gasteiger partial charge in [0.2, 0.25) is 0 Å². The first-order valence-corrected chi connectivity index (χ1v) is 7.32. The Morgan fingerprint density at radius 3 is 2.38 bits per heavy atom. The van der Waals surface area contributed by atoms with Gasteiger partial charge < -0.3 is 9.73 Å². The fraction of sp³-hybridized carbons (Fsp3) is 0.0556. The molecule has 120 valence electrons. The number of carbonyl (C=O) groups excluding carboxylic acids is 2. The predicted octanol–water partition coefficient (Wildman–Crippen LogP) is 3.49. The van der Waals surface area contributed by atoms with E-state index in [0.29, 0.717) is 11.3 Å². The minimum absolute atomic E-state index is 0.0289. The Morgan fingerprint density at radius 2 is 1.62 bits per heavy atom. The number of carbonyl (C=O) groups is 2. The molecule has 0 bridgehead atoms. The summed E-state index contributed by atoms with van der Waals surface area (Å²) < 4.78 is 5.14. The molecule has 6 heteroatoms. The maximum atomic E-state index is 12.2. The normalized spacial score (nSPS) is 10.2. The first-order valence-electron chi connectivity index (χ1n) is 7.32. The molecule has 24 heavy (non-hydrogen) atoms. The van der Waals surface area contributed by atoms with Crippen molar-refractivity contribution in [3.8, 4) is 0 Å². The van der Waals surface area contributed by atoms with Crippen LogP contribution >= 0.6 is 0 Å². The van der Waals surface area contributed by atoms with Gasteiger partial charge in [0.05, 0.1) is 0 Å². The fourth-order valence-corrected chi connectivity index (χ4v) is 2.09. The zero-order valence-electron chi connectivity index (χ0n) is 12.9. The van der Waals surface area contributed by atoms with Gasteiger partial charge in [-0.2, -0.15) is 4.98 Å². The Morgan fingerprint density at radius 1 is 0.917 bits per heavy atom. The number of aromatic nitrogens is 1. The summed E-state index contributed by atoms with van der Waals surface area (Å²) in [5.74, 6) is -0.767. The summed E-state index contributed by atoms with van der Waals surface area (Å²) >= 11 is 0. The number of benzene rings is 2. The third-order valence-electron chi connectivity index (χ3n) is 3.39. The molecule has 3 rings (SSSR count). The molecule has 0 unspecified atom stereocenters. The average Bonchev–Trinajstić information content (AvgIpc) is 3.06. The lowest BCUT2D eigenvalue weighted by Crippen LogP contribution is -2.14. The number of nitrogens with zero attached hydrogens (tertiary/aromatic N) is 1. The summed E-state index contributed by atoms with van der Waals surface area (Å²) in [7, 11) is 0. The van der Waals surface area contributed by atoms with Gasteiger partial charge in [-0.25, -0.2) is 0 Å². The molecule has 0 fully saturated rings. The lowest BCUT2D eigenvalue weighted by Gasteiger charge is -2.05. The van der Waals surface area contributed by atoms with Gasteiger partial charge in [-0.3, -0.25) is 14.9 Å². The second-order valence-corrected chi connectivity index (χ2v) is 5.13. The molecule has 0 aliphatic heterocycles. The Kier molecular flexibility index (Phi) is 4.38. The highest BCUT2D eigenvalue weighted by Gasteiger charge is 2.15. The maximum Gasteiger partial charge on any atom is 0.302 e. The van der Waals surface area contributed by atoms with Gasteiger partial charge in [-0.1, -0.05) is 36.4 Å². The molecule has 2 aromatic carbocycles. The van der Waals surface area contributed by atoms with Gasteiger partial charge >= 0.3 is 6.01 Å². The summed E-state index contributed by atoms with van der Waals surface area (Å²) in [6.45, 7) is 1.89. The minimum atomic E-state index is -0.409. The maximum absolute atomic E-state index is 12.2. The van der Waals surface area contributed by atoms with Crippen LogP contribution in [-0.2, 0) is 0 Å². The topological polar surface area (TPSA) is 84.2 Å². The quantitative estimate of drug-likeness (QED) is 0.770. The summed E-state index contributed by atoms with van der Waals surface area (Å²) in [6, 6.07) is 16.0. The molecule has 0 saturated carbocycles. The Hall–Kier alpha value is -3.41. The van der Waals surface area contributed by atoms with E-state index in [0.717, 1.165) is 5.56 Å². The monoisotopic (exact) mass is 321 g/mol. The molecule has 2 N–H and O–H groups in total. The second-order valence-electron chi connectivity index (χ2n) is 5.13. The number of oxazole rings is 1. The van der Waals surface area contributed by atoms with Crippen molar-refractivity contribution in [2.24, 2.45) is 0 Å². The van der Waals surface area contributed by atoms with Crippen molar-refractivity contribution in [3.63, 3.8) is 0 Å². The van der Waals surface area contributed by atoms with E-state index >= 15 is 0 Å². The Balaban J connectivity index is 1.68. The van der Waals surface area contributed by atoms with Crippen LogP contribution in [0.15, 0.2) is 65.3 Å². The van der Waals surface area contributed by atoms with E-state index in [2.05, 4.69) is 15.6 Å². The van der Waals surface area contributed by atoms with Crippen molar-refractivity contribution in [3.05, 3.63) is 77.7 Å². The van der Waals surface area contributed by atoms with Crippen LogP contribution in [0.3, 0.4) is 0 Å². The molecule has 1 aromatic heterocycles. The van der Waals surface area contributed by atoms with Gasteiger partial charge in [0.25, 0.3) is 11.8 Å². The van der Waals surface area contributed by atoms with Crippen molar-refractivity contribution < 1.29 is 14.0 Å². The molecule has 0 radical (unpaired) electrons. The van der Waals surface area contributed by atoms with Crippen LogP contribution in [0.1, 0.15) is 26.4 Å². The lowest BCUT2D eigenvalue weighted by atomic mass is 10.2. The van der Waals surface area contributed by atoms with E-state index in [4.69, 9.17) is 4.42 Å². The van der Waals surface area contributed by atoms with Crippen LogP contribution in [0, 0.1) is 6.92 Å². The molecular weight excluding hydrogens is 306 g/mol. The van der Waals surface area contributed by atoms with Gasteiger partial charge in [0.15, 0.2) is 5.69 Å². The molecule has 6 nitrogen and oxygen atoms in total. The summed E-state index contributed by atoms with van der Waals surface area (Å²) in [5.41, 5.74) is 2.19. The molecular formula is C18H15N3O3. The van der Waals surface area contributed by atoms with Crippen LogP contribution in [0.5, 0.6) is 0 Å². The van der Waals surface area contributed by atoms with Crippen molar-refractivity contribution in [1.82, 2.24) is 4.98 Å². The average molecular weight is 321 g/mol. The first-order chi connectivity index (χ1) is 11.6. The van der Waals surface area contributed by atoms with Crippen LogP contribution < -0.4 is 10.6 Å². The highest BCUT2D eigenvalue weighted by atomic mass is 16.4. The van der Waals surface area contributed by atoms with Crippen molar-refractivity contribution in [2.45, 2.75) is 6.92 Å². The Labute approximate surface area is 138 Å². The van der Waals surface area contributed by atoms with Crippen LogP contribution in [0.2, 0.25) is 0 Å². The van der Waals surface area contributed by atoms with Crippen molar-refractivity contribution in [2.75, 3.05) is 10.6 Å². The molecule has 0 saturated heterocycles. The molecule has 1 heterocycles. The highest BCUT2D eigenvalue weighted by molar-refractivity contribution is 6.05. The summed E-state index contributed by atoms with van der Waals surface area (Å²) in [6.07, 6.45) is 1.20. The van der Waals surface area contributed by atoms with Gasteiger partial charge in [0.1, 0.15) is 6.26 Å². The van der Waals surface area contributed by atoms with Crippen LogP contribution in [0.4, 0.5) is 11.7 Å². The second kappa shape index (κ2) is 6.78. The number of hydrogen-bond donors (Lipinski definition) is 2. The first kappa shape index (κ1) is 15.5. The fourth-order valence-electron chi connectivity index (χ4n) is 2.09. The van der Waals surface area contributed by atoms with E-state index in [1.54, 1.807) is 30.3 Å². The third-order valence-corrected chi connectivity index (χ3v) is 3.39. The molecule has 0 spiro atoms. The predicted molar refractivity (Wildman–Crippen MR) is 90.0 cm³/mol. The van der Waals surface area contributed by atoms with Gasteiger partial charge in [0, 0.05) is 11.3 Å². The number of nitrogens with one attached hydrogen (secondary N) is 2. The van der Waals surface area contributed by atoms with E-state index in [9.17, 15) is 9.59 Å². The smallest absolute Gasteiger partial charge is 0.302 e. The number of aryl methyl sites for hydroxylation is 1. The van der Waals surface area contributed by atoms with Crippen molar-refractivity contribution in [1.29, 1.82) is 0 Å². The SMILES string of the molecule is Cc1ccccc1NC(=O)c1coc(NC(=O)c2ccccc2)n1. The van der Waals surface area contributed by atoms with E-state index in [1.165, 1.54) is 6.26 Å². The van der Waals surface area contributed by atoms with Crippen molar-refractivity contribution >= 4 is 23.5 Å². The Bertz CT molecular complexity index is 872. The largest absolute Gasteiger partial charge is 0.431 e. The minimum Gasteiger partial charge on any atom is -0.431 e. The number of rotatable bonds is 4. The van der Waals surface area contributed by atoms with Gasteiger partial charge in [-0.15, -0.1) is 0 Å². The molecule has 0 aliphatic rings. The zero-order valence-corrected chi connectivity index (χ0v) is 12.9. The van der Waals surface area contributed by atoms with E-state index in [1.807, 2.05) is 31.2 Å². The molecule has 0 atom stereocenters. The lowest BCUT2D eigenvalue weighted by molar-refractivity contribution is 0.101. The zero-order chi connectivity index (χ0) is 16.9. The summed E-state index contributed by atoms with van der Waals surface area (Å²) in [5, 5.41) is 5.26. The van der Waals surface area contributed by atoms with E-state index in [-0.39, 0.29) is 17.6 Å². The number of hydrogen-bond acceptors (Lipinski definition) is 4. The molecule has 2 amide bonds. The molecule has 3 aromatic rings. The van der Waals surface area contributed by atoms with Crippen LogP contribution in [-0.4, -0.2) is 16.8 Å². The molecule has 0 aliphatic carbocycles. The third kappa shape index (κ3) is 3.49. The highest BCUT2D eigenvalue weighted by Crippen LogP contribution is 2.16. The van der Waals surface area contributed by atoms with Gasteiger partial charge in [-0.05, 0) is 30.7 Å². The number of anilines is 2. The van der Waals surface area contributed by atoms with E-state index < -0.39 is 5.91 Å². The van der Waals surface area contributed by atoms with Crippen LogP contribution in [0.25, 0.3) is 0 Å². The number of para-hydroxylation sites is 1.